The van der Waals surface area contributed by atoms with Gasteiger partial charge in [-0.05, 0) is 36.4 Å². The lowest BCUT2D eigenvalue weighted by molar-refractivity contribution is 0.102. The van der Waals surface area contributed by atoms with E-state index in [1.807, 2.05) is 30.3 Å². The van der Waals surface area contributed by atoms with E-state index in [9.17, 15) is 4.79 Å². The first-order chi connectivity index (χ1) is 12.8. The highest BCUT2D eigenvalue weighted by Crippen LogP contribution is 2.20. The van der Waals surface area contributed by atoms with Gasteiger partial charge in [-0.1, -0.05) is 18.2 Å². The van der Waals surface area contributed by atoms with Gasteiger partial charge in [0.2, 0.25) is 0 Å². The average Bonchev–Trinajstić information content (AvgIpc) is 3.16. The summed E-state index contributed by atoms with van der Waals surface area (Å²) >= 11 is 0. The van der Waals surface area contributed by atoms with E-state index in [1.54, 1.807) is 36.5 Å². The zero-order chi connectivity index (χ0) is 17.8. The number of amides is 1. The summed E-state index contributed by atoms with van der Waals surface area (Å²) in [4.78, 5) is 16.8. The number of rotatable bonds is 5. The summed E-state index contributed by atoms with van der Waals surface area (Å²) in [5, 5.41) is 13.4. The molecule has 0 aliphatic heterocycles. The van der Waals surface area contributed by atoms with E-state index in [1.165, 1.54) is 0 Å². The molecule has 0 aliphatic rings. The number of hydrogen-bond acceptors (Lipinski definition) is 5. The van der Waals surface area contributed by atoms with Crippen molar-refractivity contribution in [2.75, 3.05) is 5.32 Å². The van der Waals surface area contributed by atoms with E-state index in [0.29, 0.717) is 34.6 Å². The number of pyridine rings is 1. The van der Waals surface area contributed by atoms with E-state index in [2.05, 4.69) is 25.7 Å². The molecular weight excluding hydrogens is 330 g/mol. The first-order valence-electron chi connectivity index (χ1n) is 8.03. The average molecular weight is 345 g/mol. The number of nitrogens with one attached hydrogen (secondary N) is 2. The number of benzene rings is 2. The van der Waals surface area contributed by atoms with Gasteiger partial charge in [-0.25, -0.2) is 0 Å². The molecule has 2 aromatic heterocycles. The summed E-state index contributed by atoms with van der Waals surface area (Å²) in [6.07, 6.45) is 1.72. The van der Waals surface area contributed by atoms with Crippen LogP contribution in [-0.4, -0.2) is 26.3 Å². The molecule has 7 nitrogen and oxygen atoms in total. The van der Waals surface area contributed by atoms with Crippen molar-refractivity contribution in [1.82, 2.24) is 20.4 Å². The SMILES string of the molecule is O=C(Nc1cccc(OCc2ccccn2)c1)c1cccc2n[nH]nc12. The second-order valence-electron chi connectivity index (χ2n) is 5.59. The maximum atomic E-state index is 12.6. The number of ether oxygens (including phenoxy) is 1. The molecular formula is C19H15N5O2. The normalized spacial score (nSPS) is 10.6. The molecule has 2 N–H and O–H groups in total. The highest BCUT2D eigenvalue weighted by Gasteiger charge is 2.13. The molecule has 0 bridgehead atoms. The Morgan fingerprint density at radius 3 is 2.85 bits per heavy atom. The van der Waals surface area contributed by atoms with Crippen LogP contribution in [0, 0.1) is 0 Å². The number of anilines is 1. The first kappa shape index (κ1) is 15.8. The number of carbonyl (C=O) groups excluding carboxylic acids is 1. The van der Waals surface area contributed by atoms with E-state index < -0.39 is 0 Å². The number of para-hydroxylation sites is 1. The Balaban J connectivity index is 1.48. The van der Waals surface area contributed by atoms with E-state index in [-0.39, 0.29) is 5.91 Å². The van der Waals surface area contributed by atoms with Crippen molar-refractivity contribution >= 4 is 22.6 Å². The number of H-pyrrole nitrogens is 1. The van der Waals surface area contributed by atoms with Crippen LogP contribution in [0.4, 0.5) is 5.69 Å². The number of hydrogen-bond donors (Lipinski definition) is 2. The van der Waals surface area contributed by atoms with Crippen molar-refractivity contribution in [3.63, 3.8) is 0 Å². The predicted octanol–water partition coefficient (Wildman–Crippen LogP) is 3.18. The third-order valence-electron chi connectivity index (χ3n) is 3.80. The smallest absolute Gasteiger partial charge is 0.258 e. The maximum absolute atomic E-state index is 12.6. The number of aromatic nitrogens is 4. The lowest BCUT2D eigenvalue weighted by atomic mass is 10.1. The Kier molecular flexibility index (Phi) is 4.26. The first-order valence-corrected chi connectivity index (χ1v) is 8.03. The third-order valence-corrected chi connectivity index (χ3v) is 3.80. The molecule has 2 heterocycles. The minimum absolute atomic E-state index is 0.258. The van der Waals surface area contributed by atoms with Crippen molar-refractivity contribution < 1.29 is 9.53 Å². The minimum atomic E-state index is -0.258. The highest BCUT2D eigenvalue weighted by atomic mass is 16.5. The van der Waals surface area contributed by atoms with Crippen molar-refractivity contribution in [2.24, 2.45) is 0 Å². The van der Waals surface area contributed by atoms with Crippen LogP contribution in [0.25, 0.3) is 11.0 Å². The van der Waals surface area contributed by atoms with Crippen LogP contribution in [0.5, 0.6) is 5.75 Å². The van der Waals surface area contributed by atoms with Crippen LogP contribution < -0.4 is 10.1 Å². The van der Waals surface area contributed by atoms with E-state index in [0.717, 1.165) is 5.69 Å². The van der Waals surface area contributed by atoms with Crippen LogP contribution in [0.1, 0.15) is 16.1 Å². The molecule has 4 aromatic rings. The van der Waals surface area contributed by atoms with Crippen molar-refractivity contribution in [3.05, 3.63) is 78.1 Å². The van der Waals surface area contributed by atoms with E-state index in [4.69, 9.17) is 4.74 Å². The molecule has 0 saturated carbocycles. The largest absolute Gasteiger partial charge is 0.487 e. The Morgan fingerprint density at radius 2 is 1.96 bits per heavy atom. The van der Waals surface area contributed by atoms with Crippen molar-refractivity contribution in [3.8, 4) is 5.75 Å². The molecule has 0 aliphatic carbocycles. The zero-order valence-electron chi connectivity index (χ0n) is 13.7. The molecule has 0 atom stereocenters. The Hall–Kier alpha value is -3.74. The predicted molar refractivity (Wildman–Crippen MR) is 96.9 cm³/mol. The second-order valence-corrected chi connectivity index (χ2v) is 5.59. The Labute approximate surface area is 149 Å². The summed E-state index contributed by atoms with van der Waals surface area (Å²) < 4.78 is 5.74. The van der Waals surface area contributed by atoms with Crippen LogP contribution in [0.2, 0.25) is 0 Å². The monoisotopic (exact) mass is 345 g/mol. The summed E-state index contributed by atoms with van der Waals surface area (Å²) in [7, 11) is 0. The fourth-order valence-electron chi connectivity index (χ4n) is 2.55. The highest BCUT2D eigenvalue weighted by molar-refractivity contribution is 6.11. The Bertz CT molecular complexity index is 1050. The van der Waals surface area contributed by atoms with Crippen LogP contribution in [0.15, 0.2) is 66.9 Å². The molecule has 0 radical (unpaired) electrons. The standard InChI is InChI=1S/C19H15N5O2/c25-19(16-8-4-9-17-18(16)23-24-22-17)21-13-6-3-7-15(11-13)26-12-14-5-1-2-10-20-14/h1-11H,12H2,(H,21,25)(H,22,23,24). The summed E-state index contributed by atoms with van der Waals surface area (Å²) in [6, 6.07) is 18.1. The summed E-state index contributed by atoms with van der Waals surface area (Å²) in [6.45, 7) is 0.358. The minimum Gasteiger partial charge on any atom is -0.487 e. The summed E-state index contributed by atoms with van der Waals surface area (Å²) in [5.74, 6) is 0.388. The van der Waals surface area contributed by atoms with Gasteiger partial charge in [0, 0.05) is 18.0 Å². The number of fused-ring (bicyclic) bond motifs is 1. The molecule has 4 rings (SSSR count). The Morgan fingerprint density at radius 1 is 1.04 bits per heavy atom. The third kappa shape index (κ3) is 3.36. The van der Waals surface area contributed by atoms with Gasteiger partial charge in [-0.2, -0.15) is 15.4 Å². The second kappa shape index (κ2) is 7.02. The molecule has 0 spiro atoms. The molecule has 0 saturated heterocycles. The zero-order valence-corrected chi connectivity index (χ0v) is 13.7. The molecule has 1 amide bonds. The fourth-order valence-corrected chi connectivity index (χ4v) is 2.55. The molecule has 2 aromatic carbocycles. The van der Waals surface area contributed by atoms with Gasteiger partial charge in [-0.3, -0.25) is 9.78 Å². The number of aromatic amines is 1. The van der Waals surface area contributed by atoms with Crippen molar-refractivity contribution in [1.29, 1.82) is 0 Å². The topological polar surface area (TPSA) is 92.8 Å². The van der Waals surface area contributed by atoms with Crippen LogP contribution in [0.3, 0.4) is 0 Å². The molecule has 7 heteroatoms. The van der Waals surface area contributed by atoms with Gasteiger partial charge < -0.3 is 10.1 Å². The van der Waals surface area contributed by atoms with Gasteiger partial charge in [0.25, 0.3) is 5.91 Å². The molecule has 26 heavy (non-hydrogen) atoms. The number of carbonyl (C=O) groups is 1. The van der Waals surface area contributed by atoms with Gasteiger partial charge in [0.15, 0.2) is 0 Å². The lowest BCUT2D eigenvalue weighted by Gasteiger charge is -2.09. The molecule has 0 fully saturated rings. The molecule has 0 unspecified atom stereocenters. The van der Waals surface area contributed by atoms with Gasteiger partial charge in [0.05, 0.1) is 11.3 Å². The van der Waals surface area contributed by atoms with Crippen LogP contribution >= 0.6 is 0 Å². The van der Waals surface area contributed by atoms with Crippen LogP contribution in [-0.2, 0) is 6.61 Å². The van der Waals surface area contributed by atoms with Crippen molar-refractivity contribution in [2.45, 2.75) is 6.61 Å². The lowest BCUT2D eigenvalue weighted by Crippen LogP contribution is -2.12. The molecule has 128 valence electrons. The maximum Gasteiger partial charge on any atom is 0.258 e. The summed E-state index contributed by atoms with van der Waals surface area (Å²) in [5.41, 5.74) is 3.10. The van der Waals surface area contributed by atoms with Gasteiger partial charge >= 0.3 is 0 Å². The quantitative estimate of drug-likeness (QED) is 0.579. The fraction of sp³-hybridized carbons (Fsp3) is 0.0526. The van der Waals surface area contributed by atoms with E-state index >= 15 is 0 Å². The van der Waals surface area contributed by atoms with Gasteiger partial charge in [-0.15, -0.1) is 0 Å². The number of nitrogens with zero attached hydrogens (tertiary/aromatic N) is 3. The van der Waals surface area contributed by atoms with Gasteiger partial charge in [0.1, 0.15) is 23.4 Å².